The van der Waals surface area contributed by atoms with Crippen molar-refractivity contribution in [2.75, 3.05) is 27.2 Å². The van der Waals surface area contributed by atoms with E-state index in [1.165, 1.54) is 15.6 Å². The highest BCUT2D eigenvalue weighted by molar-refractivity contribution is 7.91. The number of hydrogen-bond acceptors (Lipinski definition) is 5. The van der Waals surface area contributed by atoms with Crippen LogP contribution >= 0.6 is 11.3 Å². The molecule has 1 aliphatic rings. The molecule has 1 aromatic rings. The number of rotatable bonds is 4. The fraction of sp³-hybridized carbons (Fsp3) is 0.667. The van der Waals surface area contributed by atoms with Crippen LogP contribution < -0.4 is 0 Å². The van der Waals surface area contributed by atoms with Crippen LogP contribution in [0.3, 0.4) is 0 Å². The number of aliphatic hydroxyl groups excluding tert-OH is 1. The molecule has 0 spiro atoms. The molecule has 19 heavy (non-hydrogen) atoms. The van der Waals surface area contributed by atoms with Crippen molar-refractivity contribution in [3.63, 3.8) is 0 Å². The van der Waals surface area contributed by atoms with Crippen LogP contribution in [0.5, 0.6) is 0 Å². The lowest BCUT2D eigenvalue weighted by atomic mass is 10.2. The van der Waals surface area contributed by atoms with Crippen LogP contribution in [-0.4, -0.2) is 62.1 Å². The van der Waals surface area contributed by atoms with E-state index < -0.39 is 16.1 Å². The second-order valence-corrected chi connectivity index (χ2v) is 8.33. The Morgan fingerprint density at radius 1 is 1.42 bits per heavy atom. The van der Waals surface area contributed by atoms with E-state index in [-0.39, 0.29) is 12.6 Å². The molecule has 108 valence electrons. The monoisotopic (exact) mass is 304 g/mol. The molecule has 7 heteroatoms. The molecule has 1 saturated heterocycles. The van der Waals surface area contributed by atoms with Crippen LogP contribution in [0.4, 0.5) is 0 Å². The number of β-amino-alcohol motifs (C(OH)–C–C–N with tert-alkyl or cyclic N) is 1. The molecule has 1 aliphatic heterocycles. The molecular weight excluding hydrogens is 284 g/mol. The van der Waals surface area contributed by atoms with Crippen molar-refractivity contribution >= 4 is 21.4 Å². The summed E-state index contributed by atoms with van der Waals surface area (Å²) in [7, 11) is 0.241. The third-order valence-corrected chi connectivity index (χ3v) is 7.00. The highest BCUT2D eigenvalue weighted by Gasteiger charge is 2.39. The molecule has 1 N–H and O–H groups in total. The fourth-order valence-electron chi connectivity index (χ4n) is 2.25. The van der Waals surface area contributed by atoms with E-state index >= 15 is 0 Å². The molecular formula is C12H20N2O3S2. The number of hydrogen-bond donors (Lipinski definition) is 1. The van der Waals surface area contributed by atoms with Crippen LogP contribution in [0.25, 0.3) is 0 Å². The summed E-state index contributed by atoms with van der Waals surface area (Å²) >= 11 is 1.31. The zero-order chi connectivity index (χ0) is 14.2. The maximum atomic E-state index is 12.5. The highest BCUT2D eigenvalue weighted by atomic mass is 32.2. The molecule has 0 aromatic carbocycles. The van der Waals surface area contributed by atoms with Gasteiger partial charge < -0.3 is 10.0 Å². The van der Waals surface area contributed by atoms with Crippen molar-refractivity contribution < 1.29 is 13.5 Å². The van der Waals surface area contributed by atoms with Gasteiger partial charge in [-0.2, -0.15) is 4.31 Å². The van der Waals surface area contributed by atoms with Crippen molar-refractivity contribution in [3.8, 4) is 0 Å². The third kappa shape index (κ3) is 2.85. The van der Waals surface area contributed by atoms with E-state index in [4.69, 9.17) is 0 Å². The lowest BCUT2D eigenvalue weighted by Crippen LogP contribution is -2.38. The number of likely N-dealkylation sites (N-methyl/N-ethyl adjacent to an activating group) is 1. The second-order valence-electron chi connectivity index (χ2n) is 4.99. The lowest BCUT2D eigenvalue weighted by molar-refractivity contribution is 0.113. The van der Waals surface area contributed by atoms with Gasteiger partial charge in [-0.25, -0.2) is 8.42 Å². The average Bonchev–Trinajstić information content (AvgIpc) is 2.95. The van der Waals surface area contributed by atoms with Crippen molar-refractivity contribution in [2.24, 2.45) is 0 Å². The van der Waals surface area contributed by atoms with Gasteiger partial charge in [0.25, 0.3) is 10.0 Å². The van der Waals surface area contributed by atoms with E-state index in [1.807, 2.05) is 32.0 Å². The number of aryl methyl sites for hydroxylation is 1. The molecule has 2 rings (SSSR count). The summed E-state index contributed by atoms with van der Waals surface area (Å²) in [6.07, 6.45) is 0.207. The summed E-state index contributed by atoms with van der Waals surface area (Å²) < 4.78 is 26.7. The Labute approximate surface area is 118 Å². The first-order valence-electron chi connectivity index (χ1n) is 6.29. The highest BCUT2D eigenvalue weighted by Crippen LogP contribution is 2.28. The van der Waals surface area contributed by atoms with Crippen LogP contribution in [0.1, 0.15) is 11.8 Å². The van der Waals surface area contributed by atoms with Crippen molar-refractivity contribution in [2.45, 2.75) is 29.7 Å². The molecule has 0 amide bonds. The largest absolute Gasteiger partial charge is 0.390 e. The Balaban J connectivity index is 2.22. The first kappa shape index (κ1) is 14.9. The third-order valence-electron chi connectivity index (χ3n) is 3.47. The number of thiophene rings is 1. The zero-order valence-corrected chi connectivity index (χ0v) is 13.0. The van der Waals surface area contributed by atoms with Gasteiger partial charge in [0, 0.05) is 18.0 Å². The first-order chi connectivity index (χ1) is 8.86. The molecule has 1 fully saturated rings. The zero-order valence-electron chi connectivity index (χ0n) is 11.4. The van der Waals surface area contributed by atoms with Crippen molar-refractivity contribution in [1.82, 2.24) is 9.21 Å². The van der Waals surface area contributed by atoms with Gasteiger partial charge in [0.2, 0.25) is 0 Å². The number of sulfonamides is 1. The van der Waals surface area contributed by atoms with Crippen LogP contribution in [0.2, 0.25) is 0 Å². The average molecular weight is 304 g/mol. The van der Waals surface area contributed by atoms with Gasteiger partial charge in [0.15, 0.2) is 0 Å². The molecule has 0 aliphatic carbocycles. The van der Waals surface area contributed by atoms with Gasteiger partial charge in [0.1, 0.15) is 4.21 Å². The summed E-state index contributed by atoms with van der Waals surface area (Å²) in [6, 6.07) is 3.38. The predicted octanol–water partition coefficient (Wildman–Crippen LogP) is 0.606. The van der Waals surface area contributed by atoms with Crippen LogP contribution in [0.15, 0.2) is 16.3 Å². The predicted molar refractivity (Wildman–Crippen MR) is 75.9 cm³/mol. The topological polar surface area (TPSA) is 60.9 Å². The first-order valence-corrected chi connectivity index (χ1v) is 8.55. The quantitative estimate of drug-likeness (QED) is 0.885. The fourth-order valence-corrected chi connectivity index (χ4v) is 5.18. The van der Waals surface area contributed by atoms with Crippen LogP contribution in [0, 0.1) is 0 Å². The van der Waals surface area contributed by atoms with E-state index in [2.05, 4.69) is 0 Å². The smallest absolute Gasteiger partial charge is 0.252 e. The number of aliphatic hydroxyl groups is 1. The van der Waals surface area contributed by atoms with Crippen molar-refractivity contribution in [1.29, 1.82) is 0 Å². The van der Waals surface area contributed by atoms with Gasteiger partial charge in [0.05, 0.1) is 12.1 Å². The van der Waals surface area contributed by atoms with Crippen molar-refractivity contribution in [3.05, 3.63) is 17.0 Å². The molecule has 2 heterocycles. The summed E-state index contributed by atoms with van der Waals surface area (Å²) in [5.41, 5.74) is 0. The second kappa shape index (κ2) is 5.49. The van der Waals surface area contributed by atoms with Gasteiger partial charge in [-0.05, 0) is 32.6 Å². The SMILES string of the molecule is CCc1ccc(S(=O)(=O)N2C[C@H](O)[C@@H](N(C)C)C2)s1. The summed E-state index contributed by atoms with van der Waals surface area (Å²) in [5.74, 6) is 0. The molecule has 1 aromatic heterocycles. The van der Waals surface area contributed by atoms with E-state index in [9.17, 15) is 13.5 Å². The number of nitrogens with zero attached hydrogens (tertiary/aromatic N) is 2. The summed E-state index contributed by atoms with van der Waals surface area (Å²) in [6.45, 7) is 2.52. The van der Waals surface area contributed by atoms with E-state index in [0.29, 0.717) is 10.8 Å². The minimum Gasteiger partial charge on any atom is -0.390 e. The Morgan fingerprint density at radius 3 is 2.58 bits per heavy atom. The summed E-state index contributed by atoms with van der Waals surface area (Å²) in [4.78, 5) is 2.92. The normalized spacial score (nSPS) is 25.3. The minimum atomic E-state index is -3.46. The Kier molecular flexibility index (Phi) is 4.32. The van der Waals surface area contributed by atoms with Gasteiger partial charge in [-0.3, -0.25) is 0 Å². The van der Waals surface area contributed by atoms with Crippen LogP contribution in [-0.2, 0) is 16.4 Å². The molecule has 0 unspecified atom stereocenters. The van der Waals surface area contributed by atoms with Gasteiger partial charge in [-0.1, -0.05) is 6.92 Å². The molecule has 5 nitrogen and oxygen atoms in total. The van der Waals surface area contributed by atoms with E-state index in [1.54, 1.807) is 6.07 Å². The molecule has 0 saturated carbocycles. The molecule has 0 radical (unpaired) electrons. The Morgan fingerprint density at radius 2 is 2.11 bits per heavy atom. The maximum Gasteiger partial charge on any atom is 0.252 e. The van der Waals surface area contributed by atoms with Gasteiger partial charge >= 0.3 is 0 Å². The van der Waals surface area contributed by atoms with Gasteiger partial charge in [-0.15, -0.1) is 11.3 Å². The standard InChI is InChI=1S/C12H20N2O3S2/c1-4-9-5-6-12(18-9)19(16,17)14-7-10(13(2)3)11(15)8-14/h5-6,10-11,15H,4,7-8H2,1-3H3/t10-,11-/m0/s1. The Bertz CT molecular complexity index is 539. The maximum absolute atomic E-state index is 12.5. The van der Waals surface area contributed by atoms with E-state index in [0.717, 1.165) is 11.3 Å². The minimum absolute atomic E-state index is 0.139. The lowest BCUT2D eigenvalue weighted by Gasteiger charge is -2.21. The molecule has 2 atom stereocenters. The molecule has 0 bridgehead atoms. The summed E-state index contributed by atoms with van der Waals surface area (Å²) in [5, 5.41) is 9.95. The Hall–Kier alpha value is -0.470.